The summed E-state index contributed by atoms with van der Waals surface area (Å²) in [6.07, 6.45) is 1.71. The van der Waals surface area contributed by atoms with Crippen LogP contribution in [0.5, 0.6) is 5.88 Å². The van der Waals surface area contributed by atoms with Gasteiger partial charge in [-0.2, -0.15) is 0 Å². The molecular weight excluding hydrogens is 244 g/mol. The van der Waals surface area contributed by atoms with Crippen LogP contribution in [0.1, 0.15) is 12.5 Å². The predicted molar refractivity (Wildman–Crippen MR) is 75.5 cm³/mol. The molecule has 1 rings (SSSR count). The number of pyridine rings is 1. The smallest absolute Gasteiger partial charge is 0.218 e. The first-order valence-electron chi connectivity index (χ1n) is 6.32. The molecule has 19 heavy (non-hydrogen) atoms. The maximum atomic E-state index is 5.25. The largest absolute Gasteiger partial charge is 0.481 e. The van der Waals surface area contributed by atoms with Gasteiger partial charge in [0.15, 0.2) is 5.96 Å². The van der Waals surface area contributed by atoms with Crippen molar-refractivity contribution in [3.63, 3.8) is 0 Å². The first-order chi connectivity index (χ1) is 9.31. The minimum Gasteiger partial charge on any atom is -0.481 e. The lowest BCUT2D eigenvalue weighted by Gasteiger charge is -2.13. The van der Waals surface area contributed by atoms with Gasteiger partial charge in [-0.3, -0.25) is 4.99 Å². The number of aromatic nitrogens is 1. The second-order valence-electron chi connectivity index (χ2n) is 3.72. The van der Waals surface area contributed by atoms with E-state index in [0.717, 1.165) is 24.7 Å². The van der Waals surface area contributed by atoms with E-state index in [1.807, 2.05) is 19.1 Å². The van der Waals surface area contributed by atoms with Gasteiger partial charge in [0, 0.05) is 38.5 Å². The summed E-state index contributed by atoms with van der Waals surface area (Å²) >= 11 is 0. The molecular formula is C13H22N4O2. The lowest BCUT2D eigenvalue weighted by molar-refractivity contribution is 0.152. The van der Waals surface area contributed by atoms with Crippen LogP contribution in [-0.4, -0.2) is 44.9 Å². The maximum Gasteiger partial charge on any atom is 0.218 e. The van der Waals surface area contributed by atoms with Gasteiger partial charge in [-0.15, -0.1) is 0 Å². The fraction of sp³-hybridized carbons (Fsp3) is 0.538. The van der Waals surface area contributed by atoms with Gasteiger partial charge in [-0.05, 0) is 13.0 Å². The van der Waals surface area contributed by atoms with E-state index in [9.17, 15) is 0 Å². The van der Waals surface area contributed by atoms with Crippen LogP contribution >= 0.6 is 0 Å². The molecule has 0 aliphatic carbocycles. The van der Waals surface area contributed by atoms with Crippen LogP contribution in [0.2, 0.25) is 0 Å². The van der Waals surface area contributed by atoms with Crippen molar-refractivity contribution in [2.45, 2.75) is 13.5 Å². The molecule has 0 aliphatic rings. The molecule has 0 spiro atoms. The number of guanidine groups is 1. The van der Waals surface area contributed by atoms with Gasteiger partial charge in [0.1, 0.15) is 0 Å². The highest BCUT2D eigenvalue weighted by atomic mass is 16.5. The van der Waals surface area contributed by atoms with Gasteiger partial charge in [0.05, 0.1) is 13.7 Å². The summed E-state index contributed by atoms with van der Waals surface area (Å²) in [4.78, 5) is 8.28. The van der Waals surface area contributed by atoms with Gasteiger partial charge in [0.2, 0.25) is 5.88 Å². The Bertz CT molecular complexity index is 396. The van der Waals surface area contributed by atoms with Gasteiger partial charge < -0.3 is 20.1 Å². The Hall–Kier alpha value is -1.82. The second-order valence-corrected chi connectivity index (χ2v) is 3.72. The lowest BCUT2D eigenvalue weighted by Crippen LogP contribution is -2.38. The molecule has 0 bridgehead atoms. The van der Waals surface area contributed by atoms with E-state index in [2.05, 4.69) is 20.6 Å². The van der Waals surface area contributed by atoms with Crippen LogP contribution in [0.25, 0.3) is 0 Å². The molecule has 0 atom stereocenters. The normalized spacial score (nSPS) is 11.2. The summed E-state index contributed by atoms with van der Waals surface area (Å²) in [6, 6.07) is 3.84. The van der Waals surface area contributed by atoms with Crippen molar-refractivity contribution in [2.24, 2.45) is 4.99 Å². The minimum atomic E-state index is 0.603. The van der Waals surface area contributed by atoms with Crippen LogP contribution < -0.4 is 15.4 Å². The Balaban J connectivity index is 2.40. The van der Waals surface area contributed by atoms with E-state index in [4.69, 9.17) is 9.47 Å². The summed E-state index contributed by atoms with van der Waals surface area (Å²) in [7, 11) is 3.34. The Morgan fingerprint density at radius 3 is 2.95 bits per heavy atom. The fourth-order valence-corrected chi connectivity index (χ4v) is 1.53. The summed E-state index contributed by atoms with van der Waals surface area (Å²) in [6.45, 7) is 4.68. The van der Waals surface area contributed by atoms with Gasteiger partial charge in [-0.1, -0.05) is 6.07 Å². The Labute approximate surface area is 114 Å². The molecule has 0 radical (unpaired) electrons. The van der Waals surface area contributed by atoms with Crippen molar-refractivity contribution in [1.29, 1.82) is 0 Å². The Morgan fingerprint density at radius 1 is 1.42 bits per heavy atom. The second kappa shape index (κ2) is 9.16. The van der Waals surface area contributed by atoms with Gasteiger partial charge >= 0.3 is 0 Å². The number of nitrogens with zero attached hydrogens (tertiary/aromatic N) is 2. The molecule has 2 N–H and O–H groups in total. The van der Waals surface area contributed by atoms with Crippen LogP contribution in [-0.2, 0) is 11.3 Å². The quantitative estimate of drug-likeness (QED) is 0.434. The highest BCUT2D eigenvalue weighted by Crippen LogP contribution is 2.12. The predicted octanol–water partition coefficient (Wildman–Crippen LogP) is 0.792. The van der Waals surface area contributed by atoms with Crippen molar-refractivity contribution < 1.29 is 9.47 Å². The van der Waals surface area contributed by atoms with E-state index in [1.54, 1.807) is 20.4 Å². The average molecular weight is 266 g/mol. The van der Waals surface area contributed by atoms with E-state index >= 15 is 0 Å². The van der Waals surface area contributed by atoms with Crippen molar-refractivity contribution in [3.8, 4) is 5.88 Å². The van der Waals surface area contributed by atoms with Crippen LogP contribution in [0.3, 0.4) is 0 Å². The zero-order valence-electron chi connectivity index (χ0n) is 11.8. The molecule has 6 heteroatoms. The number of hydrogen-bond donors (Lipinski definition) is 2. The van der Waals surface area contributed by atoms with E-state index in [-0.39, 0.29) is 0 Å². The zero-order valence-corrected chi connectivity index (χ0v) is 11.8. The third-order valence-corrected chi connectivity index (χ3v) is 2.46. The number of nitrogens with one attached hydrogen (secondary N) is 2. The van der Waals surface area contributed by atoms with Crippen LogP contribution in [0.15, 0.2) is 23.3 Å². The zero-order chi connectivity index (χ0) is 13.9. The molecule has 1 aromatic heterocycles. The topological polar surface area (TPSA) is 67.8 Å². The monoisotopic (exact) mass is 266 g/mol. The molecule has 0 unspecified atom stereocenters. The molecule has 106 valence electrons. The van der Waals surface area contributed by atoms with E-state index in [0.29, 0.717) is 19.0 Å². The number of rotatable bonds is 7. The molecule has 1 aromatic rings. The SMILES string of the molecule is CCOCCNC(=NC)NCc1cccnc1OC. The first kappa shape index (κ1) is 15.2. The highest BCUT2D eigenvalue weighted by Gasteiger charge is 2.04. The summed E-state index contributed by atoms with van der Waals surface area (Å²) in [5, 5.41) is 6.37. The van der Waals surface area contributed by atoms with Gasteiger partial charge in [-0.25, -0.2) is 4.98 Å². The lowest BCUT2D eigenvalue weighted by atomic mass is 10.3. The molecule has 0 saturated carbocycles. The minimum absolute atomic E-state index is 0.603. The maximum absolute atomic E-state index is 5.25. The van der Waals surface area contributed by atoms with E-state index < -0.39 is 0 Å². The molecule has 1 heterocycles. The van der Waals surface area contributed by atoms with Gasteiger partial charge in [0.25, 0.3) is 0 Å². The van der Waals surface area contributed by atoms with Crippen molar-refractivity contribution >= 4 is 5.96 Å². The molecule has 6 nitrogen and oxygen atoms in total. The third kappa shape index (κ3) is 5.56. The third-order valence-electron chi connectivity index (χ3n) is 2.46. The standard InChI is InChI=1S/C13H22N4O2/c1-4-19-9-8-16-13(14-2)17-10-11-6-5-7-15-12(11)18-3/h5-7H,4,8-10H2,1-3H3,(H2,14,16,17). The molecule has 0 amide bonds. The number of methoxy groups -OCH3 is 1. The number of hydrogen-bond acceptors (Lipinski definition) is 4. The molecule has 0 aromatic carbocycles. The summed E-state index contributed by atoms with van der Waals surface area (Å²) in [5.41, 5.74) is 0.984. The first-order valence-corrected chi connectivity index (χ1v) is 6.32. The van der Waals surface area contributed by atoms with Crippen LogP contribution in [0.4, 0.5) is 0 Å². The van der Waals surface area contributed by atoms with Crippen molar-refractivity contribution in [1.82, 2.24) is 15.6 Å². The van der Waals surface area contributed by atoms with E-state index in [1.165, 1.54) is 0 Å². The van der Waals surface area contributed by atoms with Crippen molar-refractivity contribution in [2.75, 3.05) is 33.9 Å². The Kier molecular flexibility index (Phi) is 7.34. The highest BCUT2D eigenvalue weighted by molar-refractivity contribution is 5.79. The molecule has 0 saturated heterocycles. The molecule has 0 aliphatic heterocycles. The molecule has 0 fully saturated rings. The van der Waals surface area contributed by atoms with Crippen molar-refractivity contribution in [3.05, 3.63) is 23.9 Å². The fourth-order valence-electron chi connectivity index (χ4n) is 1.53. The summed E-state index contributed by atoms with van der Waals surface area (Å²) < 4.78 is 10.4. The average Bonchev–Trinajstić information content (AvgIpc) is 2.47. The Morgan fingerprint density at radius 2 is 2.26 bits per heavy atom. The number of aliphatic imine (C=N–C) groups is 1. The summed E-state index contributed by atoms with van der Waals surface area (Å²) in [5.74, 6) is 1.35. The number of ether oxygens (including phenoxy) is 2. The van der Waals surface area contributed by atoms with Crippen LogP contribution in [0, 0.1) is 0 Å².